The van der Waals surface area contributed by atoms with Gasteiger partial charge in [-0.1, -0.05) is 19.1 Å². The maximum Gasteiger partial charge on any atom is 0.415 e. The molecule has 0 fully saturated rings. The number of nitrogens with zero attached hydrogens (tertiary/aromatic N) is 1. The van der Waals surface area contributed by atoms with Crippen LogP contribution in [-0.2, 0) is 16.0 Å². The molecule has 0 saturated heterocycles. The number of aliphatic carboxylic acids is 1. The van der Waals surface area contributed by atoms with Crippen LogP contribution in [-0.4, -0.2) is 68.3 Å². The molecule has 0 spiro atoms. The van der Waals surface area contributed by atoms with Crippen LogP contribution in [0.3, 0.4) is 0 Å². The number of hydrogen-bond donors (Lipinski definition) is 5. The van der Waals surface area contributed by atoms with Gasteiger partial charge in [0.2, 0.25) is 0 Å². The number of ether oxygens (including phenoxy) is 1. The summed E-state index contributed by atoms with van der Waals surface area (Å²) in [5, 5.41) is 19.2. The van der Waals surface area contributed by atoms with E-state index >= 15 is 0 Å². The Morgan fingerprint density at radius 3 is 2.39 bits per heavy atom. The number of carbonyl (C=O) groups excluding carboxylic acids is 2. The van der Waals surface area contributed by atoms with Gasteiger partial charge in [-0.15, -0.1) is 12.6 Å². The van der Waals surface area contributed by atoms with Crippen LogP contribution in [0.1, 0.15) is 18.9 Å². The summed E-state index contributed by atoms with van der Waals surface area (Å²) < 4.78 is 5.34. The lowest BCUT2D eigenvalue weighted by atomic mass is 9.96. The highest BCUT2D eigenvalue weighted by atomic mass is 32.1. The Balaban J connectivity index is 2.83. The Labute approximate surface area is 188 Å². The number of nitrogens with one attached hydrogen (secondary N) is 3. The van der Waals surface area contributed by atoms with Crippen LogP contribution in [0.5, 0.6) is 5.75 Å². The highest BCUT2D eigenvalue weighted by Crippen LogP contribution is 2.17. The van der Waals surface area contributed by atoms with Crippen LogP contribution in [0.4, 0.5) is 4.79 Å². The van der Waals surface area contributed by atoms with Crippen molar-refractivity contribution in [1.82, 2.24) is 20.9 Å². The van der Waals surface area contributed by atoms with Crippen molar-refractivity contribution in [3.63, 3.8) is 0 Å². The smallest absolute Gasteiger partial charge is 0.415 e. The number of carboxylic acids is 1. The van der Waals surface area contributed by atoms with Gasteiger partial charge in [-0.25, -0.2) is 4.79 Å². The fourth-order valence-corrected chi connectivity index (χ4v) is 2.99. The lowest BCUT2D eigenvalue weighted by Gasteiger charge is -2.22. The molecule has 1 rings (SSSR count). The average Bonchev–Trinajstić information content (AvgIpc) is 2.73. The second kappa shape index (κ2) is 13.6. The van der Waals surface area contributed by atoms with Crippen LogP contribution in [0.2, 0.25) is 0 Å². The summed E-state index contributed by atoms with van der Waals surface area (Å²) >= 11 is 4.00. The quantitative estimate of drug-likeness (QED) is 0.241. The molecule has 1 aromatic rings. The minimum Gasteiger partial charge on any atom is -0.481 e. The van der Waals surface area contributed by atoms with E-state index in [2.05, 4.69) is 28.6 Å². The summed E-state index contributed by atoms with van der Waals surface area (Å²) in [5.74, 6) is -1.52. The summed E-state index contributed by atoms with van der Waals surface area (Å²) in [5.41, 5.74) is 1.15. The fourth-order valence-electron chi connectivity index (χ4n) is 2.75. The van der Waals surface area contributed by atoms with Crippen molar-refractivity contribution in [2.75, 3.05) is 34.2 Å². The number of amides is 2. The van der Waals surface area contributed by atoms with Crippen molar-refractivity contribution >= 4 is 30.6 Å². The topological polar surface area (TPSA) is 120 Å². The van der Waals surface area contributed by atoms with Gasteiger partial charge >= 0.3 is 12.1 Å². The Bertz CT molecular complexity index is 770. The first-order chi connectivity index (χ1) is 14.7. The number of carboxylic acid groups (broad SMARTS) is 1. The number of hydrogen-bond acceptors (Lipinski definition) is 7. The molecule has 10 heteroatoms. The van der Waals surface area contributed by atoms with Crippen molar-refractivity contribution in [1.29, 1.82) is 0 Å². The van der Waals surface area contributed by atoms with E-state index in [9.17, 15) is 19.5 Å². The minimum absolute atomic E-state index is 0.262. The van der Waals surface area contributed by atoms with Crippen molar-refractivity contribution in [2.45, 2.75) is 25.8 Å². The van der Waals surface area contributed by atoms with E-state index in [-0.39, 0.29) is 18.0 Å². The van der Waals surface area contributed by atoms with Gasteiger partial charge in [-0.3, -0.25) is 9.59 Å². The molecule has 2 amide bonds. The number of benzene rings is 1. The number of likely N-dealkylation sites (N-methyl/N-ethyl adjacent to an activating group) is 3. The molecule has 1 aromatic carbocycles. The number of carbonyl (C=O) groups is 3. The van der Waals surface area contributed by atoms with E-state index in [1.54, 1.807) is 52.3 Å². The molecule has 0 radical (unpaired) electrons. The Morgan fingerprint density at radius 2 is 1.87 bits per heavy atom. The summed E-state index contributed by atoms with van der Waals surface area (Å²) in [6.45, 7) is 2.78. The molecule has 0 unspecified atom stereocenters. The third-order valence-corrected chi connectivity index (χ3v) is 4.92. The predicted molar refractivity (Wildman–Crippen MR) is 122 cm³/mol. The van der Waals surface area contributed by atoms with Crippen molar-refractivity contribution in [3.8, 4) is 5.75 Å². The normalized spacial score (nSPS) is 13.1. The molecule has 0 saturated carbocycles. The van der Waals surface area contributed by atoms with E-state index < -0.39 is 24.0 Å². The van der Waals surface area contributed by atoms with Gasteiger partial charge in [0, 0.05) is 33.2 Å². The van der Waals surface area contributed by atoms with E-state index in [0.717, 1.165) is 5.56 Å². The third kappa shape index (κ3) is 9.31. The first-order valence-corrected chi connectivity index (χ1v) is 10.5. The van der Waals surface area contributed by atoms with Crippen molar-refractivity contribution in [3.05, 3.63) is 40.9 Å². The average molecular weight is 453 g/mol. The zero-order valence-electron chi connectivity index (χ0n) is 18.3. The molecule has 31 heavy (non-hydrogen) atoms. The molecule has 0 aromatic heterocycles. The monoisotopic (exact) mass is 452 g/mol. The fraction of sp³-hybridized carbons (Fsp3) is 0.476. The molecule has 0 aliphatic heterocycles. The summed E-state index contributed by atoms with van der Waals surface area (Å²) in [4.78, 5) is 37.2. The molecule has 0 aliphatic carbocycles. The van der Waals surface area contributed by atoms with E-state index in [1.807, 2.05) is 0 Å². The van der Waals surface area contributed by atoms with Gasteiger partial charge in [0.25, 0.3) is 5.91 Å². The van der Waals surface area contributed by atoms with E-state index in [4.69, 9.17) is 4.74 Å². The number of thiol groups is 1. The maximum absolute atomic E-state index is 12.4. The van der Waals surface area contributed by atoms with E-state index in [1.165, 1.54) is 10.3 Å². The molecule has 0 bridgehead atoms. The molecule has 0 heterocycles. The third-order valence-electron chi connectivity index (χ3n) is 4.66. The lowest BCUT2D eigenvalue weighted by Crippen LogP contribution is -2.41. The van der Waals surface area contributed by atoms with Gasteiger partial charge in [0.1, 0.15) is 11.4 Å². The standard InChI is InChI=1S/C21H32N4O5S/c1-14(20(27)28)11-16(24-19(26)18(13-31)23-3)12-15-5-7-17(8-6-15)30-21(29)25(4)10-9-22-2/h5-8,13-14,16,22-23,31H,9-12H2,1-4H3,(H,24,26)(H,27,28)/b18-13-/t14-,16+/m0/s1. The van der Waals surface area contributed by atoms with Gasteiger partial charge in [0.15, 0.2) is 0 Å². The maximum atomic E-state index is 12.4. The molecular weight excluding hydrogens is 420 g/mol. The van der Waals surface area contributed by atoms with Crippen LogP contribution in [0, 0.1) is 5.92 Å². The molecule has 2 atom stereocenters. The van der Waals surface area contributed by atoms with Gasteiger partial charge in [-0.2, -0.15) is 0 Å². The molecule has 9 nitrogen and oxygen atoms in total. The summed E-state index contributed by atoms with van der Waals surface area (Å²) in [6.07, 6.45) is 0.225. The van der Waals surface area contributed by atoms with Crippen LogP contribution in [0.15, 0.2) is 35.4 Å². The first-order valence-electron chi connectivity index (χ1n) is 9.94. The highest BCUT2D eigenvalue weighted by Gasteiger charge is 2.22. The van der Waals surface area contributed by atoms with Crippen LogP contribution < -0.4 is 20.7 Å². The Kier molecular flexibility index (Phi) is 11.5. The second-order valence-corrected chi connectivity index (χ2v) is 7.44. The van der Waals surface area contributed by atoms with Gasteiger partial charge < -0.3 is 30.7 Å². The number of rotatable bonds is 12. The van der Waals surface area contributed by atoms with E-state index in [0.29, 0.717) is 25.3 Å². The van der Waals surface area contributed by atoms with Crippen molar-refractivity contribution in [2.24, 2.45) is 5.92 Å². The van der Waals surface area contributed by atoms with Crippen LogP contribution in [0.25, 0.3) is 0 Å². The molecule has 0 aliphatic rings. The van der Waals surface area contributed by atoms with Gasteiger partial charge in [0.05, 0.1) is 5.92 Å². The highest BCUT2D eigenvalue weighted by molar-refractivity contribution is 7.83. The lowest BCUT2D eigenvalue weighted by molar-refractivity contribution is -0.141. The Hall–Kier alpha value is -2.72. The molecular formula is C21H32N4O5S. The molecule has 172 valence electrons. The second-order valence-electron chi connectivity index (χ2n) is 7.18. The zero-order chi connectivity index (χ0) is 23.4. The predicted octanol–water partition coefficient (Wildman–Crippen LogP) is 1.47. The largest absolute Gasteiger partial charge is 0.481 e. The zero-order valence-corrected chi connectivity index (χ0v) is 19.2. The summed E-state index contributed by atoms with van der Waals surface area (Å²) in [6, 6.07) is 6.51. The Morgan fingerprint density at radius 1 is 1.23 bits per heavy atom. The van der Waals surface area contributed by atoms with Crippen molar-refractivity contribution < 1.29 is 24.2 Å². The summed E-state index contributed by atoms with van der Waals surface area (Å²) in [7, 11) is 5.06. The molecule has 4 N–H and O–H groups in total. The van der Waals surface area contributed by atoms with Gasteiger partial charge in [-0.05, 0) is 43.0 Å². The SMILES string of the molecule is CNCCN(C)C(=O)Oc1ccc(C[C@@H](C[C@H](C)C(=O)O)NC(=O)/C(=C/S)NC)cc1. The minimum atomic E-state index is -0.928. The van der Waals surface area contributed by atoms with Crippen LogP contribution >= 0.6 is 12.6 Å². The first kappa shape index (κ1) is 26.3.